The molecule has 2 fully saturated rings. The number of hydrogen-bond acceptors (Lipinski definition) is 4. The number of nitrogens with one attached hydrogen (secondary N) is 2. The minimum absolute atomic E-state index is 0.00533. The maximum Gasteiger partial charge on any atom is 0.250 e. The van der Waals surface area contributed by atoms with Crippen LogP contribution in [0, 0.1) is 5.92 Å². The monoisotopic (exact) mass is 392 g/mol. The van der Waals surface area contributed by atoms with Crippen LogP contribution in [0.25, 0.3) is 0 Å². The van der Waals surface area contributed by atoms with E-state index in [0.717, 1.165) is 16.9 Å². The molecule has 7 heteroatoms. The third-order valence-electron chi connectivity index (χ3n) is 5.66. The average molecular weight is 393 g/mol. The molecule has 1 spiro atoms. The molecule has 3 heterocycles. The zero-order valence-corrected chi connectivity index (χ0v) is 15.3. The second-order valence-electron chi connectivity index (χ2n) is 6.85. The zero-order chi connectivity index (χ0) is 17.3. The molecule has 1 aliphatic carbocycles. The Kier molecular flexibility index (Phi) is 3.36. The molecular formula is C18H14Cl2N2O2S. The van der Waals surface area contributed by atoms with Gasteiger partial charge in [0.2, 0.25) is 5.91 Å². The van der Waals surface area contributed by atoms with Crippen LogP contribution in [0.3, 0.4) is 0 Å². The quantitative estimate of drug-likeness (QED) is 0.772. The molecule has 1 amide bonds. The normalized spacial score (nSPS) is 33.0. The van der Waals surface area contributed by atoms with Crippen LogP contribution < -0.4 is 10.6 Å². The maximum atomic E-state index is 13.1. The van der Waals surface area contributed by atoms with E-state index in [1.807, 2.05) is 18.2 Å². The molecule has 3 aliphatic rings. The van der Waals surface area contributed by atoms with Gasteiger partial charge in [0, 0.05) is 45.4 Å². The van der Waals surface area contributed by atoms with E-state index < -0.39 is 5.54 Å². The van der Waals surface area contributed by atoms with Crippen molar-refractivity contribution in [2.24, 2.45) is 5.92 Å². The summed E-state index contributed by atoms with van der Waals surface area (Å²) in [5.41, 5.74) is 0.628. The molecule has 128 valence electrons. The van der Waals surface area contributed by atoms with Gasteiger partial charge in [-0.3, -0.25) is 14.9 Å². The van der Waals surface area contributed by atoms with Gasteiger partial charge in [0.25, 0.3) is 0 Å². The van der Waals surface area contributed by atoms with Crippen LogP contribution in [0.15, 0.2) is 30.3 Å². The van der Waals surface area contributed by atoms with E-state index in [9.17, 15) is 9.59 Å². The summed E-state index contributed by atoms with van der Waals surface area (Å²) in [6.07, 6.45) is 1.32. The molecule has 1 aromatic carbocycles. The number of ketones is 1. The Morgan fingerprint density at radius 1 is 1.16 bits per heavy atom. The summed E-state index contributed by atoms with van der Waals surface area (Å²) < 4.78 is 0.661. The lowest BCUT2D eigenvalue weighted by molar-refractivity contribution is -0.123. The minimum atomic E-state index is -0.945. The highest BCUT2D eigenvalue weighted by Crippen LogP contribution is 2.57. The third-order valence-corrected chi connectivity index (χ3v) is 7.21. The zero-order valence-electron chi connectivity index (χ0n) is 13.0. The maximum absolute atomic E-state index is 13.1. The average Bonchev–Trinajstić information content (AvgIpc) is 3.28. The fourth-order valence-electron chi connectivity index (χ4n) is 4.74. The van der Waals surface area contributed by atoms with Crippen molar-refractivity contribution in [2.45, 2.75) is 30.3 Å². The first-order valence-corrected chi connectivity index (χ1v) is 9.75. The highest BCUT2D eigenvalue weighted by Gasteiger charge is 2.65. The van der Waals surface area contributed by atoms with Crippen molar-refractivity contribution in [1.82, 2.24) is 5.32 Å². The highest BCUT2D eigenvalue weighted by molar-refractivity contribution is 7.16. The number of hydrogen-bond donors (Lipinski definition) is 2. The Hall–Kier alpha value is -1.40. The van der Waals surface area contributed by atoms with Crippen LogP contribution in [0.4, 0.5) is 5.69 Å². The van der Waals surface area contributed by atoms with Gasteiger partial charge >= 0.3 is 0 Å². The SMILES string of the molecule is O=C1CC[C@H]2N[C@@]3(C(=O)Nc4cc(Cl)ccc43)[C@H](c3ccc(Cl)s3)[C@@H]12. The largest absolute Gasteiger partial charge is 0.324 e. The fourth-order valence-corrected chi connectivity index (χ4v) is 6.19. The van der Waals surface area contributed by atoms with Crippen LogP contribution in [-0.2, 0) is 15.1 Å². The van der Waals surface area contributed by atoms with Gasteiger partial charge in [-0.25, -0.2) is 0 Å². The van der Waals surface area contributed by atoms with E-state index in [1.54, 1.807) is 12.1 Å². The van der Waals surface area contributed by atoms with E-state index in [-0.39, 0.29) is 29.6 Å². The summed E-state index contributed by atoms with van der Waals surface area (Å²) in [4.78, 5) is 26.7. The van der Waals surface area contributed by atoms with Gasteiger partial charge in [-0.15, -0.1) is 11.3 Å². The lowest BCUT2D eigenvalue weighted by Crippen LogP contribution is -2.49. The molecule has 0 radical (unpaired) electrons. The summed E-state index contributed by atoms with van der Waals surface area (Å²) in [5.74, 6) is -0.366. The van der Waals surface area contributed by atoms with E-state index in [2.05, 4.69) is 10.6 Å². The number of carbonyl (C=O) groups excluding carboxylic acids is 2. The molecule has 4 nitrogen and oxygen atoms in total. The summed E-state index contributed by atoms with van der Waals surface area (Å²) in [7, 11) is 0. The van der Waals surface area contributed by atoms with E-state index in [0.29, 0.717) is 21.5 Å². The van der Waals surface area contributed by atoms with Gasteiger partial charge in [0.15, 0.2) is 0 Å². The molecule has 25 heavy (non-hydrogen) atoms. The molecular weight excluding hydrogens is 379 g/mol. The van der Waals surface area contributed by atoms with Crippen LogP contribution in [0.1, 0.15) is 29.2 Å². The number of halogens is 2. The van der Waals surface area contributed by atoms with Gasteiger partial charge in [0.1, 0.15) is 11.3 Å². The molecule has 2 N–H and O–H groups in total. The number of fused-ring (bicyclic) bond motifs is 3. The van der Waals surface area contributed by atoms with E-state index in [4.69, 9.17) is 23.2 Å². The van der Waals surface area contributed by atoms with Crippen molar-refractivity contribution in [2.75, 3.05) is 5.32 Å². The second-order valence-corrected chi connectivity index (χ2v) is 9.04. The van der Waals surface area contributed by atoms with Crippen molar-refractivity contribution >= 4 is 51.9 Å². The molecule has 1 saturated carbocycles. The van der Waals surface area contributed by atoms with Gasteiger partial charge in [-0.1, -0.05) is 29.3 Å². The molecule has 5 rings (SSSR count). The first-order valence-electron chi connectivity index (χ1n) is 8.18. The van der Waals surface area contributed by atoms with Crippen LogP contribution in [0.5, 0.6) is 0 Å². The standard InChI is InChI=1S/C18H14Cl2N2O2S/c19-8-1-2-9-11(7-8)21-17(24)18(9)16(13-5-6-14(20)25-13)15-10(22-18)3-4-12(15)23/h1-2,5-7,10,15-16,22H,3-4H2,(H,21,24)/t10-,15-,16-,18-/m1/s1. The van der Waals surface area contributed by atoms with E-state index >= 15 is 0 Å². The minimum Gasteiger partial charge on any atom is -0.324 e. The number of anilines is 1. The number of benzene rings is 1. The molecule has 2 aromatic rings. The number of Topliss-reactive ketones (excluding diaryl/α,β-unsaturated/α-hetero) is 1. The third kappa shape index (κ3) is 2.04. The smallest absolute Gasteiger partial charge is 0.250 e. The lowest BCUT2D eigenvalue weighted by Gasteiger charge is -2.31. The van der Waals surface area contributed by atoms with E-state index in [1.165, 1.54) is 11.3 Å². The van der Waals surface area contributed by atoms with Gasteiger partial charge < -0.3 is 5.32 Å². The van der Waals surface area contributed by atoms with Crippen molar-refractivity contribution in [3.8, 4) is 0 Å². The number of amides is 1. The van der Waals surface area contributed by atoms with Crippen molar-refractivity contribution in [3.05, 3.63) is 50.1 Å². The first kappa shape index (κ1) is 15.8. The first-order chi connectivity index (χ1) is 12.0. The van der Waals surface area contributed by atoms with Gasteiger partial charge in [0.05, 0.1) is 4.34 Å². The molecule has 0 bridgehead atoms. The Bertz CT molecular complexity index is 928. The molecule has 1 saturated heterocycles. The summed E-state index contributed by atoms with van der Waals surface area (Å²) >= 11 is 13.7. The predicted molar refractivity (Wildman–Crippen MR) is 98.5 cm³/mol. The predicted octanol–water partition coefficient (Wildman–Crippen LogP) is 3.94. The number of thiophene rings is 1. The van der Waals surface area contributed by atoms with Crippen LogP contribution in [-0.4, -0.2) is 17.7 Å². The van der Waals surface area contributed by atoms with Gasteiger partial charge in [-0.05, 0) is 30.7 Å². The molecule has 1 aromatic heterocycles. The van der Waals surface area contributed by atoms with Crippen molar-refractivity contribution < 1.29 is 9.59 Å². The molecule has 4 atom stereocenters. The topological polar surface area (TPSA) is 58.2 Å². The second kappa shape index (κ2) is 5.30. The van der Waals surface area contributed by atoms with Crippen molar-refractivity contribution in [1.29, 1.82) is 0 Å². The summed E-state index contributed by atoms with van der Waals surface area (Å²) in [6.45, 7) is 0. The molecule has 2 aliphatic heterocycles. The van der Waals surface area contributed by atoms with Crippen LogP contribution >= 0.6 is 34.5 Å². The Morgan fingerprint density at radius 2 is 2.00 bits per heavy atom. The highest BCUT2D eigenvalue weighted by atomic mass is 35.5. The van der Waals surface area contributed by atoms with Crippen LogP contribution in [0.2, 0.25) is 9.36 Å². The summed E-state index contributed by atoms with van der Waals surface area (Å²) in [6, 6.07) is 9.22. The summed E-state index contributed by atoms with van der Waals surface area (Å²) in [5, 5.41) is 7.06. The number of carbonyl (C=O) groups is 2. The van der Waals surface area contributed by atoms with Gasteiger partial charge in [-0.2, -0.15) is 0 Å². The van der Waals surface area contributed by atoms with Crippen molar-refractivity contribution in [3.63, 3.8) is 0 Å². The fraction of sp³-hybridized carbons (Fsp3) is 0.333. The Balaban J connectivity index is 1.75. The molecule has 0 unspecified atom stereocenters. The Labute approximate surface area is 158 Å². The lowest BCUT2D eigenvalue weighted by atomic mass is 9.74. The number of rotatable bonds is 1. The Morgan fingerprint density at radius 3 is 2.76 bits per heavy atom.